The number of hydrogen-bond donors (Lipinski definition) is 1. The number of rotatable bonds is 1. The van der Waals surface area contributed by atoms with E-state index in [1.807, 2.05) is 13.0 Å². The summed E-state index contributed by atoms with van der Waals surface area (Å²) < 4.78 is 12.3. The Labute approximate surface area is 89.3 Å². The molecule has 0 saturated heterocycles. The standard InChI is InChI=1S/C9H14N2O3P/c1-7-4-8-6-13-15(12,11(2)3)14-9(8)10-5-7/h4-5,12H,6H2,1-3H3. The minimum atomic E-state index is -2.91. The van der Waals surface area contributed by atoms with Crippen LogP contribution in [-0.4, -0.2) is 28.6 Å². The van der Waals surface area contributed by atoms with Gasteiger partial charge in [0, 0.05) is 11.8 Å². The van der Waals surface area contributed by atoms with Crippen LogP contribution in [-0.2, 0) is 11.1 Å². The first-order chi connectivity index (χ1) is 7.01. The molecule has 1 aromatic heterocycles. The highest BCUT2D eigenvalue weighted by molar-refractivity contribution is 7.58. The Hall–Kier alpha value is -0.740. The Morgan fingerprint density at radius 3 is 2.93 bits per heavy atom. The highest BCUT2D eigenvalue weighted by Crippen LogP contribution is 2.61. The van der Waals surface area contributed by atoms with E-state index in [0.717, 1.165) is 11.1 Å². The Morgan fingerprint density at radius 2 is 2.27 bits per heavy atom. The molecule has 0 bridgehead atoms. The number of nitrogens with zero attached hydrogens (tertiary/aromatic N) is 2. The van der Waals surface area contributed by atoms with E-state index in [0.29, 0.717) is 12.5 Å². The molecule has 2 rings (SSSR count). The van der Waals surface area contributed by atoms with Crippen molar-refractivity contribution in [3.05, 3.63) is 23.4 Å². The number of fused-ring (bicyclic) bond motifs is 1. The lowest BCUT2D eigenvalue weighted by Crippen LogP contribution is -2.24. The molecule has 2 heterocycles. The van der Waals surface area contributed by atoms with E-state index in [-0.39, 0.29) is 0 Å². The first-order valence-corrected chi connectivity index (χ1v) is 6.13. The molecule has 5 nitrogen and oxygen atoms in total. The van der Waals surface area contributed by atoms with Gasteiger partial charge in [0.2, 0.25) is 5.88 Å². The molecule has 0 saturated carbocycles. The molecule has 6 heteroatoms. The molecular weight excluding hydrogens is 215 g/mol. The first-order valence-electron chi connectivity index (χ1n) is 4.60. The van der Waals surface area contributed by atoms with E-state index in [4.69, 9.17) is 9.05 Å². The molecule has 0 fully saturated rings. The Balaban J connectivity index is 2.31. The SMILES string of the molecule is Cc1cnc2c(c1)CO[P](O)(N(C)C)O2. The van der Waals surface area contributed by atoms with E-state index in [1.54, 1.807) is 25.0 Å². The van der Waals surface area contributed by atoms with Crippen LogP contribution in [0, 0.1) is 6.92 Å². The van der Waals surface area contributed by atoms with E-state index in [9.17, 15) is 4.89 Å². The van der Waals surface area contributed by atoms with Crippen LogP contribution in [0.15, 0.2) is 12.3 Å². The molecule has 1 atom stereocenters. The third-order valence-electron chi connectivity index (χ3n) is 2.16. The van der Waals surface area contributed by atoms with Crippen molar-refractivity contribution < 1.29 is 13.9 Å². The normalized spacial score (nSPS) is 24.9. The van der Waals surface area contributed by atoms with Crippen molar-refractivity contribution in [3.8, 4) is 5.88 Å². The summed E-state index contributed by atoms with van der Waals surface area (Å²) >= 11 is 0. The maximum Gasteiger partial charge on any atom is 0.366 e. The average Bonchev–Trinajstić information content (AvgIpc) is 2.18. The van der Waals surface area contributed by atoms with Gasteiger partial charge in [-0.05, 0) is 32.6 Å². The second-order valence-electron chi connectivity index (χ2n) is 3.68. The molecule has 15 heavy (non-hydrogen) atoms. The summed E-state index contributed by atoms with van der Waals surface area (Å²) in [5.74, 6) is 0.469. The van der Waals surface area contributed by atoms with Crippen molar-refractivity contribution in [1.29, 1.82) is 0 Å². The number of pyridine rings is 1. The van der Waals surface area contributed by atoms with Gasteiger partial charge in [-0.15, -0.1) is 0 Å². The van der Waals surface area contributed by atoms with E-state index in [2.05, 4.69) is 4.98 Å². The van der Waals surface area contributed by atoms with Gasteiger partial charge in [0.15, 0.2) is 0 Å². The van der Waals surface area contributed by atoms with Gasteiger partial charge in [-0.25, -0.2) is 9.65 Å². The lowest BCUT2D eigenvalue weighted by molar-refractivity contribution is 0.163. The van der Waals surface area contributed by atoms with Crippen LogP contribution in [0.1, 0.15) is 11.1 Å². The molecule has 0 spiro atoms. The maximum absolute atomic E-state index is 10.0. The predicted molar refractivity (Wildman–Crippen MR) is 57.2 cm³/mol. The lowest BCUT2D eigenvalue weighted by Gasteiger charge is -2.37. The number of aromatic nitrogens is 1. The van der Waals surface area contributed by atoms with Crippen LogP contribution in [0.3, 0.4) is 0 Å². The van der Waals surface area contributed by atoms with Gasteiger partial charge in [0.1, 0.15) is 0 Å². The van der Waals surface area contributed by atoms with Crippen LogP contribution < -0.4 is 4.52 Å². The minimum Gasteiger partial charge on any atom is -0.405 e. The smallest absolute Gasteiger partial charge is 0.366 e. The molecule has 1 radical (unpaired) electrons. The fourth-order valence-corrected chi connectivity index (χ4v) is 2.44. The molecule has 1 aliphatic heterocycles. The van der Waals surface area contributed by atoms with Crippen molar-refractivity contribution in [2.75, 3.05) is 14.1 Å². The summed E-state index contributed by atoms with van der Waals surface area (Å²) in [4.78, 5) is 14.2. The average molecular weight is 229 g/mol. The van der Waals surface area contributed by atoms with Crippen molar-refractivity contribution in [2.24, 2.45) is 0 Å². The topological polar surface area (TPSA) is 54.8 Å². The monoisotopic (exact) mass is 229 g/mol. The van der Waals surface area contributed by atoms with Gasteiger partial charge >= 0.3 is 8.09 Å². The Kier molecular flexibility index (Phi) is 2.64. The van der Waals surface area contributed by atoms with Gasteiger partial charge in [0.05, 0.1) is 6.61 Å². The number of aryl methyl sites for hydroxylation is 1. The second kappa shape index (κ2) is 3.68. The number of hydrogen-bond acceptors (Lipinski definition) is 5. The fraction of sp³-hybridized carbons (Fsp3) is 0.444. The molecule has 0 aromatic carbocycles. The van der Waals surface area contributed by atoms with E-state index in [1.165, 1.54) is 0 Å². The Morgan fingerprint density at radius 1 is 1.53 bits per heavy atom. The zero-order valence-electron chi connectivity index (χ0n) is 8.97. The van der Waals surface area contributed by atoms with Gasteiger partial charge < -0.3 is 9.42 Å². The summed E-state index contributed by atoms with van der Waals surface area (Å²) in [5, 5.41) is 0. The molecule has 1 unspecified atom stereocenters. The van der Waals surface area contributed by atoms with Gasteiger partial charge in [0.25, 0.3) is 0 Å². The van der Waals surface area contributed by atoms with E-state index < -0.39 is 8.09 Å². The van der Waals surface area contributed by atoms with Crippen LogP contribution in [0.4, 0.5) is 0 Å². The summed E-state index contributed by atoms with van der Waals surface area (Å²) in [7, 11) is 0.518. The lowest BCUT2D eigenvalue weighted by atomic mass is 10.2. The zero-order valence-corrected chi connectivity index (χ0v) is 9.86. The summed E-state index contributed by atoms with van der Waals surface area (Å²) in [5.41, 5.74) is 1.93. The molecule has 1 N–H and O–H groups in total. The third-order valence-corrected chi connectivity index (χ3v) is 4.05. The van der Waals surface area contributed by atoms with Crippen molar-refractivity contribution in [1.82, 2.24) is 9.65 Å². The Bertz CT molecular complexity index is 386. The fourth-order valence-electron chi connectivity index (χ4n) is 1.29. The van der Waals surface area contributed by atoms with Gasteiger partial charge in [-0.1, -0.05) is 0 Å². The summed E-state index contributed by atoms with van der Waals surface area (Å²) in [6.07, 6.45) is 1.71. The molecule has 83 valence electrons. The van der Waals surface area contributed by atoms with Crippen LogP contribution >= 0.6 is 8.09 Å². The molecule has 1 aliphatic rings. The highest BCUT2D eigenvalue weighted by atomic mass is 31.2. The van der Waals surface area contributed by atoms with Crippen molar-refractivity contribution >= 4 is 8.09 Å². The quantitative estimate of drug-likeness (QED) is 0.740. The third kappa shape index (κ3) is 1.96. The zero-order chi connectivity index (χ0) is 11.1. The van der Waals surface area contributed by atoms with Crippen molar-refractivity contribution in [3.63, 3.8) is 0 Å². The summed E-state index contributed by atoms with van der Waals surface area (Å²) in [6.45, 7) is 2.29. The van der Waals surface area contributed by atoms with Crippen LogP contribution in [0.2, 0.25) is 0 Å². The highest BCUT2D eigenvalue weighted by Gasteiger charge is 2.38. The van der Waals surface area contributed by atoms with Crippen LogP contribution in [0.25, 0.3) is 0 Å². The molecular formula is C9H14N2O3P. The minimum absolute atomic E-state index is 0.340. The predicted octanol–water partition coefficient (Wildman–Crippen LogP) is 1.53. The van der Waals surface area contributed by atoms with Gasteiger partial charge in [-0.3, -0.25) is 4.52 Å². The van der Waals surface area contributed by atoms with E-state index >= 15 is 0 Å². The molecule has 0 aliphatic carbocycles. The molecule has 1 aromatic rings. The van der Waals surface area contributed by atoms with Crippen molar-refractivity contribution in [2.45, 2.75) is 13.5 Å². The van der Waals surface area contributed by atoms with Gasteiger partial charge in [-0.2, -0.15) is 0 Å². The van der Waals surface area contributed by atoms with Crippen LogP contribution in [0.5, 0.6) is 5.88 Å². The first kappa shape index (κ1) is 10.8. The summed E-state index contributed by atoms with van der Waals surface area (Å²) in [6, 6.07) is 1.95. The second-order valence-corrected chi connectivity index (χ2v) is 5.90. The molecule has 0 amide bonds. The largest absolute Gasteiger partial charge is 0.405 e. The maximum atomic E-state index is 10.0.